The van der Waals surface area contributed by atoms with E-state index in [2.05, 4.69) is 4.74 Å². The van der Waals surface area contributed by atoms with E-state index in [9.17, 15) is 9.59 Å². The summed E-state index contributed by atoms with van der Waals surface area (Å²) in [7, 11) is 2.74. The molecule has 1 aromatic carbocycles. The van der Waals surface area contributed by atoms with Crippen molar-refractivity contribution < 1.29 is 28.5 Å². The van der Waals surface area contributed by atoms with Gasteiger partial charge in [-0.15, -0.1) is 0 Å². The van der Waals surface area contributed by atoms with Crippen LogP contribution >= 0.6 is 0 Å². The van der Waals surface area contributed by atoms with Crippen molar-refractivity contribution in [3.63, 3.8) is 0 Å². The first-order valence-electron chi connectivity index (χ1n) is 5.66. The van der Waals surface area contributed by atoms with E-state index in [1.165, 1.54) is 26.4 Å². The lowest BCUT2D eigenvalue weighted by molar-refractivity contribution is -0.136. The lowest BCUT2D eigenvalue weighted by Gasteiger charge is -2.16. The molecule has 0 fully saturated rings. The first-order valence-corrected chi connectivity index (χ1v) is 5.66. The van der Waals surface area contributed by atoms with Gasteiger partial charge in [0.15, 0.2) is 6.29 Å². The number of benzene rings is 1. The normalized spacial score (nSPS) is 11.5. The van der Waals surface area contributed by atoms with Gasteiger partial charge in [0.05, 0.1) is 14.2 Å². The summed E-state index contributed by atoms with van der Waals surface area (Å²) in [5, 5.41) is 0. The Balaban J connectivity index is 3.06. The van der Waals surface area contributed by atoms with Crippen LogP contribution in [0.3, 0.4) is 0 Å². The van der Waals surface area contributed by atoms with Crippen molar-refractivity contribution in [1.29, 1.82) is 0 Å². The van der Waals surface area contributed by atoms with Crippen LogP contribution in [-0.2, 0) is 14.3 Å². The molecule has 0 aliphatic rings. The highest BCUT2D eigenvalue weighted by Gasteiger charge is 2.18. The molecule has 0 amide bonds. The summed E-state index contributed by atoms with van der Waals surface area (Å²) in [6, 6.07) is 4.57. The fraction of sp³-hybridized carbons (Fsp3) is 0.385. The minimum Gasteiger partial charge on any atom is -0.497 e. The van der Waals surface area contributed by atoms with Gasteiger partial charge in [-0.05, 0) is 19.1 Å². The second-order valence-corrected chi connectivity index (χ2v) is 3.43. The van der Waals surface area contributed by atoms with Crippen LogP contribution in [0.15, 0.2) is 18.2 Å². The van der Waals surface area contributed by atoms with Crippen molar-refractivity contribution in [3.8, 4) is 11.5 Å². The molecule has 0 radical (unpaired) electrons. The SMILES string of the molecule is CCOC(C=O)Oc1cc(OC)ccc1C(=O)OC. The molecule has 6 nitrogen and oxygen atoms in total. The molecule has 0 spiro atoms. The smallest absolute Gasteiger partial charge is 0.341 e. The predicted molar refractivity (Wildman–Crippen MR) is 66.4 cm³/mol. The van der Waals surface area contributed by atoms with Crippen molar-refractivity contribution in [2.24, 2.45) is 0 Å². The number of aldehydes is 1. The molecular formula is C13H16O6. The molecule has 0 aromatic heterocycles. The topological polar surface area (TPSA) is 71.1 Å². The van der Waals surface area contributed by atoms with Crippen LogP contribution in [0.4, 0.5) is 0 Å². The van der Waals surface area contributed by atoms with Gasteiger partial charge in [0.25, 0.3) is 6.29 Å². The number of methoxy groups -OCH3 is 2. The number of hydrogen-bond donors (Lipinski definition) is 0. The molecule has 0 aliphatic heterocycles. The van der Waals surface area contributed by atoms with E-state index >= 15 is 0 Å². The Kier molecular flexibility index (Phi) is 5.81. The number of esters is 1. The fourth-order valence-electron chi connectivity index (χ4n) is 1.40. The molecule has 0 heterocycles. The molecule has 1 rings (SSSR count). The molecule has 104 valence electrons. The zero-order chi connectivity index (χ0) is 14.3. The second kappa shape index (κ2) is 7.38. The summed E-state index contributed by atoms with van der Waals surface area (Å²) < 4.78 is 20.1. The highest BCUT2D eigenvalue weighted by atomic mass is 16.7. The molecule has 0 saturated carbocycles. The van der Waals surface area contributed by atoms with Crippen LogP contribution < -0.4 is 9.47 Å². The van der Waals surface area contributed by atoms with Gasteiger partial charge in [0, 0.05) is 12.7 Å². The maximum Gasteiger partial charge on any atom is 0.341 e. The van der Waals surface area contributed by atoms with Gasteiger partial charge in [0.2, 0.25) is 0 Å². The van der Waals surface area contributed by atoms with Crippen LogP contribution in [-0.4, -0.2) is 39.4 Å². The standard InChI is InChI=1S/C13H16O6/c1-4-18-12(8-14)19-11-7-9(16-2)5-6-10(11)13(15)17-3/h5-8,12H,4H2,1-3H3. The first-order chi connectivity index (χ1) is 9.15. The number of carbonyl (C=O) groups excluding carboxylic acids is 2. The van der Waals surface area contributed by atoms with Crippen LogP contribution in [0.5, 0.6) is 11.5 Å². The molecule has 0 aliphatic carbocycles. The third kappa shape index (κ3) is 3.96. The predicted octanol–water partition coefficient (Wildman–Crippen LogP) is 1.42. The van der Waals surface area contributed by atoms with Crippen molar-refractivity contribution >= 4 is 12.3 Å². The Hall–Kier alpha value is -2.08. The maximum atomic E-state index is 11.6. The third-order valence-corrected chi connectivity index (χ3v) is 2.28. The van der Waals surface area contributed by atoms with Crippen LogP contribution in [0.2, 0.25) is 0 Å². The van der Waals surface area contributed by atoms with Gasteiger partial charge in [-0.2, -0.15) is 0 Å². The summed E-state index contributed by atoms with van der Waals surface area (Å²) >= 11 is 0. The average Bonchev–Trinajstić information content (AvgIpc) is 2.45. The Morgan fingerprint density at radius 3 is 2.63 bits per heavy atom. The van der Waals surface area contributed by atoms with E-state index in [0.717, 1.165) is 0 Å². The van der Waals surface area contributed by atoms with Crippen molar-refractivity contribution in [2.45, 2.75) is 13.2 Å². The summed E-state index contributed by atoms with van der Waals surface area (Å²) in [6.45, 7) is 2.04. The summed E-state index contributed by atoms with van der Waals surface area (Å²) in [5.41, 5.74) is 0.190. The average molecular weight is 268 g/mol. The van der Waals surface area contributed by atoms with Gasteiger partial charge < -0.3 is 18.9 Å². The number of carbonyl (C=O) groups is 2. The lowest BCUT2D eigenvalue weighted by Crippen LogP contribution is -2.23. The van der Waals surface area contributed by atoms with E-state index in [4.69, 9.17) is 14.2 Å². The fourth-order valence-corrected chi connectivity index (χ4v) is 1.40. The van der Waals surface area contributed by atoms with Crippen molar-refractivity contribution in [3.05, 3.63) is 23.8 Å². The second-order valence-electron chi connectivity index (χ2n) is 3.43. The molecule has 0 bridgehead atoms. The van der Waals surface area contributed by atoms with Gasteiger partial charge in [-0.1, -0.05) is 0 Å². The third-order valence-electron chi connectivity index (χ3n) is 2.28. The van der Waals surface area contributed by atoms with Crippen molar-refractivity contribution in [1.82, 2.24) is 0 Å². The monoisotopic (exact) mass is 268 g/mol. The molecule has 1 aromatic rings. The zero-order valence-electron chi connectivity index (χ0n) is 11.0. The molecular weight excluding hydrogens is 252 g/mol. The Morgan fingerprint density at radius 2 is 2.11 bits per heavy atom. The Labute approximate surface area is 111 Å². The van der Waals surface area contributed by atoms with E-state index in [-0.39, 0.29) is 11.3 Å². The number of ether oxygens (including phenoxy) is 4. The number of hydrogen-bond acceptors (Lipinski definition) is 6. The van der Waals surface area contributed by atoms with E-state index in [1.807, 2.05) is 0 Å². The maximum absolute atomic E-state index is 11.6. The van der Waals surface area contributed by atoms with Crippen LogP contribution in [0.1, 0.15) is 17.3 Å². The van der Waals surface area contributed by atoms with Gasteiger partial charge in [-0.25, -0.2) is 4.79 Å². The lowest BCUT2D eigenvalue weighted by atomic mass is 10.2. The van der Waals surface area contributed by atoms with Crippen molar-refractivity contribution in [2.75, 3.05) is 20.8 Å². The highest BCUT2D eigenvalue weighted by Crippen LogP contribution is 2.26. The van der Waals surface area contributed by atoms with E-state index < -0.39 is 12.3 Å². The summed E-state index contributed by atoms with van der Waals surface area (Å²) in [4.78, 5) is 22.4. The largest absolute Gasteiger partial charge is 0.497 e. The Morgan fingerprint density at radius 1 is 1.37 bits per heavy atom. The minimum atomic E-state index is -1.08. The quantitative estimate of drug-likeness (QED) is 0.423. The molecule has 6 heteroatoms. The molecule has 1 atom stereocenters. The highest BCUT2D eigenvalue weighted by molar-refractivity contribution is 5.92. The van der Waals surface area contributed by atoms with Crippen LogP contribution in [0, 0.1) is 0 Å². The van der Waals surface area contributed by atoms with E-state index in [1.54, 1.807) is 13.0 Å². The minimum absolute atomic E-state index is 0.164. The molecule has 0 saturated heterocycles. The van der Waals surface area contributed by atoms with Crippen LogP contribution in [0.25, 0.3) is 0 Å². The van der Waals surface area contributed by atoms with Gasteiger partial charge in [-0.3, -0.25) is 4.79 Å². The summed E-state index contributed by atoms with van der Waals surface area (Å²) in [5.74, 6) is 0.0827. The molecule has 19 heavy (non-hydrogen) atoms. The van der Waals surface area contributed by atoms with Gasteiger partial charge >= 0.3 is 5.97 Å². The zero-order valence-corrected chi connectivity index (χ0v) is 11.0. The molecule has 0 N–H and O–H groups in total. The first kappa shape index (κ1) is 15.0. The Bertz CT molecular complexity index is 443. The number of rotatable bonds is 7. The molecule has 1 unspecified atom stereocenters. The summed E-state index contributed by atoms with van der Waals surface area (Å²) in [6.07, 6.45) is -0.579. The van der Waals surface area contributed by atoms with Gasteiger partial charge in [0.1, 0.15) is 17.1 Å². The van der Waals surface area contributed by atoms with E-state index in [0.29, 0.717) is 18.6 Å².